The molecule has 0 fully saturated rings. The third-order valence-corrected chi connectivity index (χ3v) is 6.00. The lowest BCUT2D eigenvalue weighted by Gasteiger charge is -2.12. The van der Waals surface area contributed by atoms with Crippen molar-refractivity contribution >= 4 is 34.9 Å². The predicted molar refractivity (Wildman–Crippen MR) is 175 cm³/mol. The maximum absolute atomic E-state index is 11.7. The molecule has 0 aliphatic carbocycles. The van der Waals surface area contributed by atoms with Gasteiger partial charge in [0.05, 0.1) is 16.6 Å². The van der Waals surface area contributed by atoms with E-state index in [9.17, 15) is 9.59 Å². The molecule has 0 aliphatic rings. The standard InChI is InChI=1S/C22H17N3O3.C7H9NO.C4H11N3/c23-21(27)13-25-19-11-10-15(14-26)12-18(19)24-22(25)17-8-4-5-9-20(17)28-16-6-2-1-3-7-16;1-8-6-2-4-7(9)5-3-6;1-2-3-7-4(5)6/h1-12,14H,13H2,(H2,23,27);2-5,8-9H,1H3;2-3H2,1H3,(H4,5,6,7). The first-order chi connectivity index (χ1) is 21.2. The number of nitrogens with zero attached hydrogens (tertiary/aromatic N) is 3. The summed E-state index contributed by atoms with van der Waals surface area (Å²) in [5, 5.41) is 11.8. The zero-order valence-corrected chi connectivity index (χ0v) is 24.7. The number of guanidine groups is 1. The largest absolute Gasteiger partial charge is 0.508 e. The van der Waals surface area contributed by atoms with Crippen LogP contribution in [0.4, 0.5) is 5.69 Å². The number of para-hydroxylation sites is 2. The minimum atomic E-state index is -0.485. The molecule has 0 aliphatic heterocycles. The highest BCUT2D eigenvalue weighted by atomic mass is 16.5. The molecule has 0 saturated heterocycles. The number of aromatic hydroxyl groups is 1. The Bertz CT molecular complexity index is 1680. The van der Waals surface area contributed by atoms with Crippen molar-refractivity contribution in [2.75, 3.05) is 18.9 Å². The lowest BCUT2D eigenvalue weighted by atomic mass is 10.2. The third kappa shape index (κ3) is 9.62. The number of fused-ring (bicyclic) bond motifs is 1. The van der Waals surface area contributed by atoms with Crippen LogP contribution in [0.3, 0.4) is 0 Å². The van der Waals surface area contributed by atoms with E-state index in [1.165, 1.54) is 0 Å². The van der Waals surface area contributed by atoms with Crippen LogP contribution in [0.1, 0.15) is 23.7 Å². The number of aromatic nitrogens is 2. The normalized spacial score (nSPS) is 9.95. The molecule has 4 aromatic carbocycles. The van der Waals surface area contributed by atoms with Crippen LogP contribution in [-0.4, -0.2) is 46.4 Å². The molecule has 44 heavy (non-hydrogen) atoms. The summed E-state index contributed by atoms with van der Waals surface area (Å²) in [6, 6.07) is 28.9. The Morgan fingerprint density at radius 3 is 2.25 bits per heavy atom. The fraction of sp³-hybridized carbons (Fsp3) is 0.152. The molecule has 8 N–H and O–H groups in total. The van der Waals surface area contributed by atoms with Crippen LogP contribution < -0.4 is 27.3 Å². The summed E-state index contributed by atoms with van der Waals surface area (Å²) in [6.45, 7) is 2.72. The first-order valence-corrected chi connectivity index (χ1v) is 13.8. The second-order valence-electron chi connectivity index (χ2n) is 9.37. The van der Waals surface area contributed by atoms with Gasteiger partial charge in [-0.3, -0.25) is 14.6 Å². The molecular weight excluding hydrogens is 558 g/mol. The summed E-state index contributed by atoms with van der Waals surface area (Å²) in [6.07, 6.45) is 1.76. The van der Waals surface area contributed by atoms with Gasteiger partial charge in [0.15, 0.2) is 5.96 Å². The Labute approximate surface area is 256 Å². The number of aldehydes is 1. The number of carbonyl (C=O) groups is 2. The van der Waals surface area contributed by atoms with E-state index in [1.54, 1.807) is 34.9 Å². The quantitative estimate of drug-likeness (QED) is 0.0690. The van der Waals surface area contributed by atoms with Gasteiger partial charge in [0.1, 0.15) is 35.9 Å². The van der Waals surface area contributed by atoms with E-state index >= 15 is 0 Å². The van der Waals surface area contributed by atoms with E-state index in [4.69, 9.17) is 27.0 Å². The summed E-state index contributed by atoms with van der Waals surface area (Å²) < 4.78 is 7.77. The molecule has 0 atom stereocenters. The summed E-state index contributed by atoms with van der Waals surface area (Å²) in [5.41, 5.74) is 19.0. The van der Waals surface area contributed by atoms with Crippen LogP contribution in [-0.2, 0) is 11.3 Å². The number of primary amides is 1. The second-order valence-corrected chi connectivity index (χ2v) is 9.37. The molecule has 0 unspecified atom stereocenters. The second kappa shape index (κ2) is 16.6. The van der Waals surface area contributed by atoms with Crippen LogP contribution in [0.25, 0.3) is 22.4 Å². The molecule has 0 spiro atoms. The summed E-state index contributed by atoms with van der Waals surface area (Å²) in [4.78, 5) is 31.2. The number of nitrogens with one attached hydrogen (secondary N) is 1. The average Bonchev–Trinajstić information content (AvgIpc) is 3.38. The van der Waals surface area contributed by atoms with Gasteiger partial charge >= 0.3 is 0 Å². The molecule has 11 heteroatoms. The highest BCUT2D eigenvalue weighted by Crippen LogP contribution is 2.34. The van der Waals surface area contributed by atoms with E-state index in [-0.39, 0.29) is 12.5 Å². The molecule has 0 saturated carbocycles. The Hall–Kier alpha value is -5.84. The number of phenolic OH excluding ortho intramolecular Hbond substituents is 1. The van der Waals surface area contributed by atoms with Crippen LogP contribution in [0.5, 0.6) is 17.2 Å². The van der Waals surface area contributed by atoms with Gasteiger partial charge in [0, 0.05) is 24.8 Å². The van der Waals surface area contributed by atoms with Crippen molar-refractivity contribution in [1.82, 2.24) is 9.55 Å². The lowest BCUT2D eigenvalue weighted by Crippen LogP contribution is -2.22. The van der Waals surface area contributed by atoms with Gasteiger partial charge in [0.25, 0.3) is 0 Å². The van der Waals surface area contributed by atoms with Gasteiger partial charge in [-0.15, -0.1) is 0 Å². The number of hydrogen-bond acceptors (Lipinski definition) is 7. The van der Waals surface area contributed by atoms with Crippen LogP contribution in [0.15, 0.2) is 102 Å². The van der Waals surface area contributed by atoms with Crippen LogP contribution in [0, 0.1) is 0 Å². The molecule has 1 aromatic heterocycles. The topological polar surface area (TPSA) is 184 Å². The number of anilines is 1. The average molecular weight is 596 g/mol. The van der Waals surface area contributed by atoms with Crippen molar-refractivity contribution in [2.45, 2.75) is 19.9 Å². The van der Waals surface area contributed by atoms with Gasteiger partial charge in [-0.05, 0) is 73.2 Å². The van der Waals surface area contributed by atoms with Crippen molar-refractivity contribution in [3.63, 3.8) is 0 Å². The van der Waals surface area contributed by atoms with Crippen molar-refractivity contribution in [1.29, 1.82) is 0 Å². The maximum Gasteiger partial charge on any atom is 0.237 e. The predicted octanol–water partition coefficient (Wildman–Crippen LogP) is 4.90. The third-order valence-electron chi connectivity index (χ3n) is 6.00. The number of benzene rings is 4. The SMILES string of the molecule is CCCN=C(N)N.CNc1ccc(O)cc1.NC(=O)Cn1c(-c2ccccc2Oc2ccccc2)nc2cc(C=O)ccc21. The molecule has 1 amide bonds. The van der Waals surface area contributed by atoms with Gasteiger partial charge < -0.3 is 36.9 Å². The number of rotatable bonds is 9. The Kier molecular flexibility index (Phi) is 12.3. The number of aliphatic imine (C=N–C) groups is 1. The summed E-state index contributed by atoms with van der Waals surface area (Å²) >= 11 is 0. The number of hydrogen-bond donors (Lipinski definition) is 5. The van der Waals surface area contributed by atoms with Crippen molar-refractivity contribution in [3.8, 4) is 28.6 Å². The number of nitrogens with two attached hydrogens (primary N) is 3. The molecule has 1 heterocycles. The van der Waals surface area contributed by atoms with E-state index in [1.807, 2.05) is 80.7 Å². The van der Waals surface area contributed by atoms with Crippen molar-refractivity contribution in [3.05, 3.63) is 103 Å². The minimum Gasteiger partial charge on any atom is -0.508 e. The molecule has 228 valence electrons. The van der Waals surface area contributed by atoms with E-state index < -0.39 is 5.91 Å². The maximum atomic E-state index is 11.7. The first-order valence-electron chi connectivity index (χ1n) is 13.8. The van der Waals surface area contributed by atoms with Gasteiger partial charge in [-0.2, -0.15) is 0 Å². The van der Waals surface area contributed by atoms with E-state index in [2.05, 4.69) is 15.3 Å². The smallest absolute Gasteiger partial charge is 0.237 e. The van der Waals surface area contributed by atoms with Crippen LogP contribution >= 0.6 is 0 Å². The van der Waals surface area contributed by atoms with Crippen molar-refractivity contribution < 1.29 is 19.4 Å². The van der Waals surface area contributed by atoms with Crippen LogP contribution in [0.2, 0.25) is 0 Å². The summed E-state index contributed by atoms with van der Waals surface area (Å²) in [7, 11) is 1.84. The zero-order valence-electron chi connectivity index (χ0n) is 24.7. The molecule has 11 nitrogen and oxygen atoms in total. The highest BCUT2D eigenvalue weighted by Gasteiger charge is 2.18. The van der Waals surface area contributed by atoms with Gasteiger partial charge in [-0.1, -0.05) is 37.3 Å². The van der Waals surface area contributed by atoms with E-state index in [0.29, 0.717) is 39.7 Å². The fourth-order valence-electron chi connectivity index (χ4n) is 3.97. The van der Waals surface area contributed by atoms with E-state index in [0.717, 1.165) is 30.5 Å². The highest BCUT2D eigenvalue weighted by molar-refractivity contribution is 5.89. The number of phenols is 1. The zero-order chi connectivity index (χ0) is 31.9. The summed E-state index contributed by atoms with van der Waals surface area (Å²) in [5.74, 6) is 1.83. The Morgan fingerprint density at radius 2 is 1.66 bits per heavy atom. The lowest BCUT2D eigenvalue weighted by molar-refractivity contribution is -0.118. The molecule has 0 bridgehead atoms. The number of amides is 1. The van der Waals surface area contributed by atoms with Crippen molar-refractivity contribution in [2.24, 2.45) is 22.2 Å². The monoisotopic (exact) mass is 595 g/mol. The number of imidazole rings is 1. The Balaban J connectivity index is 0.000000271. The molecule has 0 radical (unpaired) electrons. The number of carbonyl (C=O) groups excluding carboxylic acids is 2. The minimum absolute atomic E-state index is 0.0358. The van der Waals surface area contributed by atoms with Gasteiger partial charge in [-0.25, -0.2) is 4.98 Å². The Morgan fingerprint density at radius 1 is 0.977 bits per heavy atom. The fourth-order valence-corrected chi connectivity index (χ4v) is 3.97. The first kappa shape index (κ1) is 32.7. The molecule has 5 rings (SSSR count). The molecule has 5 aromatic rings. The number of ether oxygens (including phenoxy) is 1. The van der Waals surface area contributed by atoms with Gasteiger partial charge in [0.2, 0.25) is 5.91 Å². The molecular formula is C33H37N7O4.